The number of carboxylic acids is 1. The summed E-state index contributed by atoms with van der Waals surface area (Å²) >= 11 is 0. The molecule has 1 saturated carbocycles. The number of carboxylic acid groups (broad SMARTS) is 1. The lowest BCUT2D eigenvalue weighted by atomic mass is 9.89. The molecule has 2 fully saturated rings. The van der Waals surface area contributed by atoms with Crippen molar-refractivity contribution < 1.29 is 38.3 Å². The van der Waals surface area contributed by atoms with Gasteiger partial charge in [0.15, 0.2) is 11.6 Å². The minimum Gasteiger partial charge on any atom is -0.496 e. The van der Waals surface area contributed by atoms with Gasteiger partial charge in [0, 0.05) is 37.3 Å². The lowest BCUT2D eigenvalue weighted by Gasteiger charge is -2.35. The summed E-state index contributed by atoms with van der Waals surface area (Å²) in [7, 11) is 2.81. The lowest BCUT2D eigenvalue weighted by Crippen LogP contribution is -2.50. The molecule has 1 heterocycles. The van der Waals surface area contributed by atoms with Crippen LogP contribution in [0.3, 0.4) is 0 Å². The zero-order valence-electron chi connectivity index (χ0n) is 21.6. The average molecular weight is 518 g/mol. The van der Waals surface area contributed by atoms with Gasteiger partial charge in [-0.2, -0.15) is 0 Å². The Morgan fingerprint density at radius 3 is 2.46 bits per heavy atom. The SMILES string of the molecule is COc1cc(-c2ccc(NC3(C(=O)O)CCOCC3)cc2COC2CCCC2)c(F)c(OC)c1[C@H](C)O. The van der Waals surface area contributed by atoms with Crippen LogP contribution in [0.5, 0.6) is 11.5 Å². The molecule has 1 atom stereocenters. The van der Waals surface area contributed by atoms with Crippen molar-refractivity contribution in [3.8, 4) is 22.6 Å². The van der Waals surface area contributed by atoms with Gasteiger partial charge in [-0.25, -0.2) is 9.18 Å². The molecule has 8 nitrogen and oxygen atoms in total. The molecule has 0 spiro atoms. The zero-order valence-corrected chi connectivity index (χ0v) is 21.6. The molecule has 0 aromatic heterocycles. The minimum absolute atomic E-state index is 0.0822. The Bertz CT molecular complexity index is 1110. The number of rotatable bonds is 10. The van der Waals surface area contributed by atoms with Crippen molar-refractivity contribution in [3.63, 3.8) is 0 Å². The van der Waals surface area contributed by atoms with Crippen LogP contribution >= 0.6 is 0 Å². The Labute approximate surface area is 216 Å². The maximum atomic E-state index is 15.8. The summed E-state index contributed by atoms with van der Waals surface area (Å²) in [6.45, 7) is 2.47. The molecular weight excluding hydrogens is 481 g/mol. The Hall–Kier alpha value is -2.88. The number of anilines is 1. The van der Waals surface area contributed by atoms with E-state index in [0.717, 1.165) is 25.7 Å². The standard InChI is InChI=1S/C28H36FNO7/c1-17(31)24-23(34-2)15-22(25(29)26(24)35-3)21-9-8-19(14-18(21)16-37-20-6-4-5-7-20)30-28(27(32)33)10-12-36-13-11-28/h8-9,14-15,17,20,30-31H,4-7,10-13,16H2,1-3H3,(H,32,33)/t17-/m0/s1. The summed E-state index contributed by atoms with van der Waals surface area (Å²) in [4.78, 5) is 12.2. The summed E-state index contributed by atoms with van der Waals surface area (Å²) in [5, 5.41) is 23.4. The van der Waals surface area contributed by atoms with Crippen LogP contribution in [0.25, 0.3) is 11.1 Å². The van der Waals surface area contributed by atoms with Crippen LogP contribution in [0.15, 0.2) is 24.3 Å². The fourth-order valence-electron chi connectivity index (χ4n) is 5.29. The van der Waals surface area contributed by atoms with Gasteiger partial charge in [0.05, 0.1) is 38.6 Å². The van der Waals surface area contributed by atoms with Crippen LogP contribution in [-0.2, 0) is 20.9 Å². The van der Waals surface area contributed by atoms with E-state index in [-0.39, 0.29) is 29.6 Å². The van der Waals surface area contributed by atoms with E-state index in [1.54, 1.807) is 18.2 Å². The van der Waals surface area contributed by atoms with Crippen molar-refractivity contribution >= 4 is 11.7 Å². The number of methoxy groups -OCH3 is 2. The summed E-state index contributed by atoms with van der Waals surface area (Å²) < 4.78 is 38.2. The number of hydrogen-bond acceptors (Lipinski definition) is 7. The molecule has 0 unspecified atom stereocenters. The first-order valence-electron chi connectivity index (χ1n) is 12.8. The molecule has 4 rings (SSSR count). The largest absolute Gasteiger partial charge is 0.496 e. The van der Waals surface area contributed by atoms with Crippen molar-refractivity contribution in [2.24, 2.45) is 0 Å². The molecule has 1 aliphatic carbocycles. The monoisotopic (exact) mass is 517 g/mol. The molecule has 0 radical (unpaired) electrons. The molecule has 2 aromatic carbocycles. The second-order valence-corrected chi connectivity index (χ2v) is 9.78. The van der Waals surface area contributed by atoms with Crippen molar-refractivity contribution in [1.29, 1.82) is 0 Å². The summed E-state index contributed by atoms with van der Waals surface area (Å²) in [5.74, 6) is -1.33. The van der Waals surface area contributed by atoms with E-state index in [0.29, 0.717) is 48.6 Å². The van der Waals surface area contributed by atoms with Crippen LogP contribution in [0.2, 0.25) is 0 Å². The van der Waals surface area contributed by atoms with Gasteiger partial charge in [-0.1, -0.05) is 18.9 Å². The molecule has 1 saturated heterocycles. The van der Waals surface area contributed by atoms with Crippen LogP contribution in [0, 0.1) is 5.82 Å². The van der Waals surface area contributed by atoms with Gasteiger partial charge in [-0.05, 0) is 49.1 Å². The van der Waals surface area contributed by atoms with Crippen LogP contribution in [0.4, 0.5) is 10.1 Å². The van der Waals surface area contributed by atoms with E-state index in [9.17, 15) is 15.0 Å². The fourth-order valence-corrected chi connectivity index (χ4v) is 5.29. The number of nitrogens with one attached hydrogen (secondary N) is 1. The molecule has 37 heavy (non-hydrogen) atoms. The predicted molar refractivity (Wildman–Crippen MR) is 137 cm³/mol. The second kappa shape index (κ2) is 11.7. The van der Waals surface area contributed by atoms with Crippen molar-refractivity contribution in [1.82, 2.24) is 0 Å². The van der Waals surface area contributed by atoms with E-state index in [1.165, 1.54) is 21.1 Å². The Morgan fingerprint density at radius 1 is 1.16 bits per heavy atom. The normalized spacial score (nSPS) is 18.4. The topological polar surface area (TPSA) is 106 Å². The highest BCUT2D eigenvalue weighted by Crippen LogP contribution is 2.43. The number of aliphatic hydroxyl groups is 1. The first kappa shape index (κ1) is 27.2. The Morgan fingerprint density at radius 2 is 1.86 bits per heavy atom. The maximum absolute atomic E-state index is 15.8. The van der Waals surface area contributed by atoms with Gasteiger partial charge in [-0.15, -0.1) is 0 Å². The van der Waals surface area contributed by atoms with E-state index >= 15 is 4.39 Å². The number of aliphatic carboxylic acids is 1. The van der Waals surface area contributed by atoms with Crippen molar-refractivity contribution in [2.45, 2.75) is 69.8 Å². The predicted octanol–water partition coefficient (Wildman–Crippen LogP) is 5.07. The lowest BCUT2D eigenvalue weighted by molar-refractivity contribution is -0.145. The Kier molecular flexibility index (Phi) is 8.56. The van der Waals surface area contributed by atoms with E-state index < -0.39 is 23.4 Å². The highest BCUT2D eigenvalue weighted by molar-refractivity contribution is 5.83. The second-order valence-electron chi connectivity index (χ2n) is 9.78. The zero-order chi connectivity index (χ0) is 26.6. The number of carbonyl (C=O) groups is 1. The summed E-state index contributed by atoms with van der Waals surface area (Å²) in [6, 6.07) is 6.88. The number of hydrogen-bond donors (Lipinski definition) is 3. The highest BCUT2D eigenvalue weighted by atomic mass is 19.1. The Balaban J connectivity index is 1.78. The third-order valence-electron chi connectivity index (χ3n) is 7.37. The smallest absolute Gasteiger partial charge is 0.329 e. The molecule has 3 N–H and O–H groups in total. The van der Waals surface area contributed by atoms with E-state index in [4.69, 9.17) is 18.9 Å². The molecule has 202 valence electrons. The highest BCUT2D eigenvalue weighted by Gasteiger charge is 2.40. The summed E-state index contributed by atoms with van der Waals surface area (Å²) in [5.41, 5.74) is 1.23. The van der Waals surface area contributed by atoms with Gasteiger partial charge in [0.25, 0.3) is 0 Å². The van der Waals surface area contributed by atoms with Crippen LogP contribution < -0.4 is 14.8 Å². The van der Waals surface area contributed by atoms with Gasteiger partial charge >= 0.3 is 5.97 Å². The fraction of sp³-hybridized carbons (Fsp3) is 0.536. The third-order valence-corrected chi connectivity index (χ3v) is 7.37. The average Bonchev–Trinajstić information content (AvgIpc) is 3.41. The van der Waals surface area contributed by atoms with E-state index in [1.807, 2.05) is 6.07 Å². The molecular formula is C28H36FNO7. The van der Waals surface area contributed by atoms with Crippen LogP contribution in [-0.4, -0.2) is 55.3 Å². The molecule has 1 aliphatic heterocycles. The number of halogens is 1. The number of ether oxygens (including phenoxy) is 4. The third kappa shape index (κ3) is 5.68. The quantitative estimate of drug-likeness (QED) is 0.401. The van der Waals surface area contributed by atoms with Gasteiger partial charge in [0.1, 0.15) is 11.3 Å². The molecule has 2 aromatic rings. The molecule has 0 bridgehead atoms. The van der Waals surface area contributed by atoms with Crippen molar-refractivity contribution in [2.75, 3.05) is 32.8 Å². The number of benzene rings is 2. The molecule has 2 aliphatic rings. The first-order valence-corrected chi connectivity index (χ1v) is 12.8. The number of aliphatic hydroxyl groups excluding tert-OH is 1. The maximum Gasteiger partial charge on any atom is 0.329 e. The molecule has 0 amide bonds. The van der Waals surface area contributed by atoms with Gasteiger partial charge in [-0.3, -0.25) is 0 Å². The van der Waals surface area contributed by atoms with Gasteiger partial charge in [0.2, 0.25) is 0 Å². The first-order chi connectivity index (χ1) is 17.8. The minimum atomic E-state index is -1.14. The van der Waals surface area contributed by atoms with E-state index in [2.05, 4.69) is 5.32 Å². The molecule has 9 heteroatoms. The summed E-state index contributed by atoms with van der Waals surface area (Å²) in [6.07, 6.45) is 4.00. The van der Waals surface area contributed by atoms with Crippen molar-refractivity contribution in [3.05, 3.63) is 41.2 Å². The van der Waals surface area contributed by atoms with Gasteiger partial charge < -0.3 is 34.5 Å². The van der Waals surface area contributed by atoms with Crippen LogP contribution in [0.1, 0.15) is 62.7 Å².